The lowest BCUT2D eigenvalue weighted by Gasteiger charge is -2.25. The molecule has 0 fully saturated rings. The predicted molar refractivity (Wildman–Crippen MR) is 55.6 cm³/mol. The molecular weight excluding hydrogens is 183 g/mol. The van der Waals surface area contributed by atoms with E-state index in [-0.39, 0.29) is 12.4 Å². The van der Waals surface area contributed by atoms with Crippen LogP contribution < -0.4 is 11.1 Å². The van der Waals surface area contributed by atoms with Gasteiger partial charge in [0.2, 0.25) is 0 Å². The highest BCUT2D eigenvalue weighted by Crippen LogP contribution is 2.19. The number of nitrogen functional groups attached to an aromatic ring is 1. The number of hydrogen-bond acceptors (Lipinski definition) is 3. The summed E-state index contributed by atoms with van der Waals surface area (Å²) in [4.78, 5) is 0. The first-order valence-corrected chi connectivity index (χ1v) is 4.38. The average Bonchev–Trinajstić information content (AvgIpc) is 2.01. The molecule has 0 amide bonds. The van der Waals surface area contributed by atoms with Crippen molar-refractivity contribution in [3.8, 4) is 0 Å². The van der Waals surface area contributed by atoms with Crippen LogP contribution in [0.25, 0.3) is 0 Å². The van der Waals surface area contributed by atoms with Crippen molar-refractivity contribution in [3.63, 3.8) is 0 Å². The summed E-state index contributed by atoms with van der Waals surface area (Å²) < 4.78 is 12.9. The van der Waals surface area contributed by atoms with Crippen LogP contribution in [0.3, 0.4) is 0 Å². The molecule has 0 heterocycles. The number of aliphatic hydroxyl groups is 1. The lowest BCUT2D eigenvalue weighted by Crippen LogP contribution is -2.34. The standard InChI is InChI=1S/C10H15FN2O/c1-10(2,6-14)13-9-4-7(11)3-8(12)5-9/h3-5,13-14H,6,12H2,1-2H3. The van der Waals surface area contributed by atoms with Crippen molar-refractivity contribution in [2.75, 3.05) is 17.7 Å². The second kappa shape index (κ2) is 3.84. The third kappa shape index (κ3) is 2.88. The molecule has 78 valence electrons. The predicted octanol–water partition coefficient (Wildman–Crippen LogP) is 1.59. The summed E-state index contributed by atoms with van der Waals surface area (Å²) in [5.41, 5.74) is 5.92. The third-order valence-electron chi connectivity index (χ3n) is 1.80. The van der Waals surface area contributed by atoms with E-state index in [9.17, 15) is 4.39 Å². The van der Waals surface area contributed by atoms with Gasteiger partial charge in [-0.15, -0.1) is 0 Å². The minimum atomic E-state index is -0.486. The Labute approximate surface area is 82.7 Å². The SMILES string of the molecule is CC(C)(CO)Nc1cc(N)cc(F)c1. The monoisotopic (exact) mass is 198 g/mol. The zero-order valence-corrected chi connectivity index (χ0v) is 8.34. The zero-order chi connectivity index (χ0) is 10.8. The highest BCUT2D eigenvalue weighted by Gasteiger charge is 2.15. The number of aliphatic hydroxyl groups excluding tert-OH is 1. The Morgan fingerprint density at radius 3 is 2.57 bits per heavy atom. The van der Waals surface area contributed by atoms with E-state index in [0.29, 0.717) is 11.4 Å². The minimum absolute atomic E-state index is 0.0383. The molecule has 0 saturated carbocycles. The first-order valence-electron chi connectivity index (χ1n) is 4.38. The lowest BCUT2D eigenvalue weighted by atomic mass is 10.1. The van der Waals surface area contributed by atoms with Gasteiger partial charge in [-0.1, -0.05) is 0 Å². The Bertz CT molecular complexity index is 306. The van der Waals surface area contributed by atoms with Crippen LogP contribution in [0.1, 0.15) is 13.8 Å². The largest absolute Gasteiger partial charge is 0.399 e. The van der Waals surface area contributed by atoms with E-state index < -0.39 is 5.54 Å². The molecule has 4 N–H and O–H groups in total. The fourth-order valence-corrected chi connectivity index (χ4v) is 1.11. The Morgan fingerprint density at radius 1 is 1.43 bits per heavy atom. The molecule has 1 aromatic rings. The fourth-order valence-electron chi connectivity index (χ4n) is 1.11. The molecule has 0 aliphatic rings. The van der Waals surface area contributed by atoms with Gasteiger partial charge in [0.25, 0.3) is 0 Å². The Kier molecular flexibility index (Phi) is 2.96. The molecule has 0 unspecified atom stereocenters. The van der Waals surface area contributed by atoms with Gasteiger partial charge in [-0.05, 0) is 32.0 Å². The topological polar surface area (TPSA) is 58.3 Å². The molecule has 4 heteroatoms. The third-order valence-corrected chi connectivity index (χ3v) is 1.80. The van der Waals surface area contributed by atoms with E-state index in [1.54, 1.807) is 6.07 Å². The van der Waals surface area contributed by atoms with Crippen LogP contribution in [0, 0.1) is 5.82 Å². The quantitative estimate of drug-likeness (QED) is 0.646. The van der Waals surface area contributed by atoms with Gasteiger partial charge in [-0.3, -0.25) is 0 Å². The van der Waals surface area contributed by atoms with E-state index >= 15 is 0 Å². The van der Waals surface area contributed by atoms with Crippen molar-refractivity contribution >= 4 is 11.4 Å². The van der Waals surface area contributed by atoms with Gasteiger partial charge >= 0.3 is 0 Å². The van der Waals surface area contributed by atoms with E-state index in [1.807, 2.05) is 13.8 Å². The Balaban J connectivity index is 2.87. The summed E-state index contributed by atoms with van der Waals surface area (Å²) in [7, 11) is 0. The number of benzene rings is 1. The number of anilines is 2. The number of nitrogens with one attached hydrogen (secondary N) is 1. The molecule has 0 radical (unpaired) electrons. The Hall–Kier alpha value is -1.29. The molecule has 0 aromatic heterocycles. The van der Waals surface area contributed by atoms with Crippen molar-refractivity contribution in [1.29, 1.82) is 0 Å². The van der Waals surface area contributed by atoms with Crippen LogP contribution in [0.5, 0.6) is 0 Å². The number of halogens is 1. The van der Waals surface area contributed by atoms with Crippen LogP contribution >= 0.6 is 0 Å². The first-order chi connectivity index (χ1) is 6.43. The van der Waals surface area contributed by atoms with Gasteiger partial charge in [0.15, 0.2) is 0 Å². The lowest BCUT2D eigenvalue weighted by molar-refractivity contribution is 0.234. The number of nitrogens with two attached hydrogens (primary N) is 1. The first kappa shape index (κ1) is 10.8. The molecular formula is C10H15FN2O. The molecule has 0 aliphatic carbocycles. The van der Waals surface area contributed by atoms with Gasteiger partial charge in [-0.2, -0.15) is 0 Å². The van der Waals surface area contributed by atoms with Crippen LogP contribution in [0.2, 0.25) is 0 Å². The molecule has 1 aromatic carbocycles. The van der Waals surface area contributed by atoms with Crippen molar-refractivity contribution in [2.45, 2.75) is 19.4 Å². The van der Waals surface area contributed by atoms with Crippen LogP contribution in [0.4, 0.5) is 15.8 Å². The van der Waals surface area contributed by atoms with E-state index in [4.69, 9.17) is 10.8 Å². The fraction of sp³-hybridized carbons (Fsp3) is 0.400. The van der Waals surface area contributed by atoms with Crippen molar-refractivity contribution < 1.29 is 9.50 Å². The molecule has 0 spiro atoms. The molecule has 0 atom stereocenters. The molecule has 14 heavy (non-hydrogen) atoms. The molecule has 3 nitrogen and oxygen atoms in total. The molecule has 0 aliphatic heterocycles. The van der Waals surface area contributed by atoms with Crippen LogP contribution in [0.15, 0.2) is 18.2 Å². The Morgan fingerprint density at radius 2 is 2.07 bits per heavy atom. The molecule has 0 saturated heterocycles. The van der Waals surface area contributed by atoms with Gasteiger partial charge in [0.1, 0.15) is 5.82 Å². The van der Waals surface area contributed by atoms with E-state index in [0.717, 1.165) is 0 Å². The van der Waals surface area contributed by atoms with E-state index in [2.05, 4.69) is 5.32 Å². The van der Waals surface area contributed by atoms with Crippen molar-refractivity contribution in [3.05, 3.63) is 24.0 Å². The smallest absolute Gasteiger partial charge is 0.127 e. The summed E-state index contributed by atoms with van der Waals surface area (Å²) in [6.45, 7) is 3.59. The summed E-state index contributed by atoms with van der Waals surface area (Å²) >= 11 is 0. The van der Waals surface area contributed by atoms with Gasteiger partial charge in [-0.25, -0.2) is 4.39 Å². The van der Waals surface area contributed by atoms with Crippen molar-refractivity contribution in [1.82, 2.24) is 0 Å². The maximum Gasteiger partial charge on any atom is 0.127 e. The zero-order valence-electron chi connectivity index (χ0n) is 8.34. The van der Waals surface area contributed by atoms with Gasteiger partial charge < -0.3 is 16.2 Å². The van der Waals surface area contributed by atoms with E-state index in [1.165, 1.54) is 12.1 Å². The second-order valence-corrected chi connectivity index (χ2v) is 3.94. The second-order valence-electron chi connectivity index (χ2n) is 3.94. The summed E-state index contributed by atoms with van der Waals surface area (Å²) in [5, 5.41) is 12.0. The highest BCUT2D eigenvalue weighted by molar-refractivity contribution is 5.55. The van der Waals surface area contributed by atoms with Gasteiger partial charge in [0.05, 0.1) is 12.1 Å². The minimum Gasteiger partial charge on any atom is -0.399 e. The maximum atomic E-state index is 12.9. The highest BCUT2D eigenvalue weighted by atomic mass is 19.1. The van der Waals surface area contributed by atoms with Crippen LogP contribution in [-0.2, 0) is 0 Å². The average molecular weight is 198 g/mol. The maximum absolute atomic E-state index is 12.9. The number of rotatable bonds is 3. The molecule has 1 rings (SSSR count). The van der Waals surface area contributed by atoms with Crippen LogP contribution in [-0.4, -0.2) is 17.3 Å². The van der Waals surface area contributed by atoms with Crippen molar-refractivity contribution in [2.24, 2.45) is 0 Å². The molecule has 0 bridgehead atoms. The van der Waals surface area contributed by atoms with Gasteiger partial charge in [0, 0.05) is 11.4 Å². The number of hydrogen-bond donors (Lipinski definition) is 3. The normalized spacial score (nSPS) is 11.4. The summed E-state index contributed by atoms with van der Waals surface area (Å²) in [6, 6.07) is 4.21. The summed E-state index contributed by atoms with van der Waals surface area (Å²) in [6.07, 6.45) is 0. The summed E-state index contributed by atoms with van der Waals surface area (Å²) in [5.74, 6) is -0.388.